The van der Waals surface area contributed by atoms with E-state index in [1.54, 1.807) is 97.9 Å². The molecule has 0 aliphatic heterocycles. The first-order chi connectivity index (χ1) is 16.5. The summed E-state index contributed by atoms with van der Waals surface area (Å²) in [5.74, 6) is -2.68. The van der Waals surface area contributed by atoms with Gasteiger partial charge in [0, 0.05) is 5.92 Å². The Balaban J connectivity index is 1.76. The first-order valence-corrected chi connectivity index (χ1v) is 10.7. The average Bonchev–Trinajstić information content (AvgIpc) is 2.90. The Bertz CT molecular complexity index is 1100. The van der Waals surface area contributed by atoms with Gasteiger partial charge in [-0.2, -0.15) is 0 Å². The van der Waals surface area contributed by atoms with E-state index in [0.717, 1.165) is 0 Å². The van der Waals surface area contributed by atoms with Gasteiger partial charge in [-0.3, -0.25) is 4.79 Å². The summed E-state index contributed by atoms with van der Waals surface area (Å²) in [6.07, 6.45) is -2.20. The average molecular weight is 460 g/mol. The lowest BCUT2D eigenvalue weighted by Crippen LogP contribution is -2.42. The highest BCUT2D eigenvalue weighted by atomic mass is 16.6. The van der Waals surface area contributed by atoms with Crippen molar-refractivity contribution in [2.45, 2.75) is 19.1 Å². The van der Waals surface area contributed by atoms with Crippen molar-refractivity contribution in [3.63, 3.8) is 0 Å². The van der Waals surface area contributed by atoms with Gasteiger partial charge >= 0.3 is 17.9 Å². The molecular weight excluding hydrogens is 436 g/mol. The Hall–Kier alpha value is -4.26. The number of rotatable bonds is 10. The first kappa shape index (κ1) is 24.4. The maximum Gasteiger partial charge on any atom is 0.338 e. The van der Waals surface area contributed by atoms with E-state index >= 15 is 0 Å². The molecule has 0 aliphatic rings. The largest absolute Gasteiger partial charge is 0.462 e. The standard InChI is InChI=1S/C27H24O7/c1-19(18-32-25(29)20-11-5-2-6-12-20)24(34-27(31)22-15-9-4-10-16-22)23(17-28)33-26(30)21-13-7-3-8-14-21/h2-17,19,23-24H,18H2,1H3/t19-,23+,24-/m1/s1. The van der Waals surface area contributed by atoms with Crippen molar-refractivity contribution < 1.29 is 33.4 Å². The summed E-state index contributed by atoms with van der Waals surface area (Å²) in [5.41, 5.74) is 0.862. The van der Waals surface area contributed by atoms with Crippen LogP contribution in [0.5, 0.6) is 0 Å². The number of carbonyl (C=O) groups excluding carboxylic acids is 4. The number of benzene rings is 3. The van der Waals surface area contributed by atoms with Crippen molar-refractivity contribution in [3.8, 4) is 0 Å². The second-order valence-corrected chi connectivity index (χ2v) is 7.55. The third-order valence-corrected chi connectivity index (χ3v) is 5.01. The number of esters is 3. The SMILES string of the molecule is C[C@H](COC(=O)c1ccccc1)[C@@H](OC(=O)c1ccccc1)[C@H](C=O)OC(=O)c1ccccc1. The van der Waals surface area contributed by atoms with Crippen LogP contribution in [0.3, 0.4) is 0 Å². The van der Waals surface area contributed by atoms with Crippen LogP contribution in [0, 0.1) is 5.92 Å². The molecule has 3 rings (SSSR count). The summed E-state index contributed by atoms with van der Waals surface area (Å²) in [6, 6.07) is 24.7. The molecule has 0 saturated carbocycles. The molecule has 34 heavy (non-hydrogen) atoms. The van der Waals surface area contributed by atoms with E-state index in [1.165, 1.54) is 0 Å². The van der Waals surface area contributed by atoms with Crippen LogP contribution in [0.2, 0.25) is 0 Å². The van der Waals surface area contributed by atoms with Crippen LogP contribution in [-0.4, -0.2) is 43.0 Å². The summed E-state index contributed by atoms with van der Waals surface area (Å²) in [6.45, 7) is 1.46. The maximum atomic E-state index is 12.7. The summed E-state index contributed by atoms with van der Waals surface area (Å²) >= 11 is 0. The van der Waals surface area contributed by atoms with Gasteiger partial charge in [-0.15, -0.1) is 0 Å². The molecule has 0 aliphatic carbocycles. The molecular formula is C27H24O7. The minimum absolute atomic E-state index is 0.173. The zero-order valence-corrected chi connectivity index (χ0v) is 18.5. The summed E-state index contributed by atoms with van der Waals surface area (Å²) in [4.78, 5) is 49.5. The second-order valence-electron chi connectivity index (χ2n) is 7.55. The lowest BCUT2D eigenvalue weighted by Gasteiger charge is -2.28. The van der Waals surface area contributed by atoms with Crippen molar-refractivity contribution >= 4 is 24.2 Å². The molecule has 7 nitrogen and oxygen atoms in total. The minimum Gasteiger partial charge on any atom is -0.462 e. The summed E-state index contributed by atoms with van der Waals surface area (Å²) in [5, 5.41) is 0. The van der Waals surface area contributed by atoms with Gasteiger partial charge < -0.3 is 14.2 Å². The van der Waals surface area contributed by atoms with Crippen LogP contribution in [0.15, 0.2) is 91.0 Å². The van der Waals surface area contributed by atoms with Gasteiger partial charge in [-0.25, -0.2) is 14.4 Å². The zero-order valence-electron chi connectivity index (χ0n) is 18.5. The minimum atomic E-state index is -1.41. The van der Waals surface area contributed by atoms with Crippen LogP contribution in [-0.2, 0) is 19.0 Å². The molecule has 3 aromatic carbocycles. The van der Waals surface area contributed by atoms with Crippen molar-refractivity contribution in [1.29, 1.82) is 0 Å². The van der Waals surface area contributed by atoms with Gasteiger partial charge in [0.2, 0.25) is 0 Å². The Labute approximate surface area is 197 Å². The molecule has 0 fully saturated rings. The number of aldehydes is 1. The molecule has 0 spiro atoms. The molecule has 0 amide bonds. The Kier molecular flexibility index (Phi) is 8.68. The van der Waals surface area contributed by atoms with Crippen molar-refractivity contribution in [2.24, 2.45) is 5.92 Å². The monoisotopic (exact) mass is 460 g/mol. The summed E-state index contributed by atoms with van der Waals surface area (Å²) < 4.78 is 16.3. The number of carbonyl (C=O) groups is 4. The Morgan fingerprint density at radius 1 is 0.676 bits per heavy atom. The van der Waals surface area contributed by atoms with Crippen LogP contribution >= 0.6 is 0 Å². The second kappa shape index (κ2) is 12.1. The van der Waals surface area contributed by atoms with E-state index in [2.05, 4.69) is 0 Å². The topological polar surface area (TPSA) is 96.0 Å². The van der Waals surface area contributed by atoms with Crippen molar-refractivity contribution in [3.05, 3.63) is 108 Å². The number of hydrogen-bond acceptors (Lipinski definition) is 7. The molecule has 0 heterocycles. The fourth-order valence-electron chi connectivity index (χ4n) is 3.17. The van der Waals surface area contributed by atoms with Crippen molar-refractivity contribution in [2.75, 3.05) is 6.61 Å². The van der Waals surface area contributed by atoms with E-state index in [9.17, 15) is 19.2 Å². The fraction of sp³-hybridized carbons (Fsp3) is 0.185. The predicted molar refractivity (Wildman–Crippen MR) is 123 cm³/mol. The zero-order chi connectivity index (χ0) is 24.3. The lowest BCUT2D eigenvalue weighted by molar-refractivity contribution is -0.125. The molecule has 0 radical (unpaired) electrons. The molecule has 174 valence electrons. The van der Waals surface area contributed by atoms with E-state index in [-0.39, 0.29) is 17.7 Å². The molecule has 0 N–H and O–H groups in total. The van der Waals surface area contributed by atoms with E-state index in [1.807, 2.05) is 0 Å². The normalized spacial score (nSPS) is 13.1. The van der Waals surface area contributed by atoms with Gasteiger partial charge in [-0.1, -0.05) is 61.5 Å². The van der Waals surface area contributed by atoms with Crippen LogP contribution in [0.1, 0.15) is 38.0 Å². The predicted octanol–water partition coefficient (Wildman–Crippen LogP) is 4.13. The van der Waals surface area contributed by atoms with Gasteiger partial charge in [0.1, 0.15) is 0 Å². The quantitative estimate of drug-likeness (QED) is 0.255. The van der Waals surface area contributed by atoms with Gasteiger partial charge in [0.05, 0.1) is 23.3 Å². The molecule has 0 bridgehead atoms. The molecule has 0 aromatic heterocycles. The highest BCUT2D eigenvalue weighted by Crippen LogP contribution is 2.19. The highest BCUT2D eigenvalue weighted by molar-refractivity contribution is 5.91. The van der Waals surface area contributed by atoms with Crippen LogP contribution in [0.25, 0.3) is 0 Å². The molecule has 3 atom stereocenters. The smallest absolute Gasteiger partial charge is 0.338 e. The van der Waals surface area contributed by atoms with Gasteiger partial charge in [-0.05, 0) is 36.4 Å². The Morgan fingerprint density at radius 2 is 1.09 bits per heavy atom. The third kappa shape index (κ3) is 6.62. The van der Waals surface area contributed by atoms with E-state index in [0.29, 0.717) is 11.8 Å². The molecule has 7 heteroatoms. The highest BCUT2D eigenvalue weighted by Gasteiger charge is 2.35. The Morgan fingerprint density at radius 3 is 1.53 bits per heavy atom. The van der Waals surface area contributed by atoms with Crippen LogP contribution < -0.4 is 0 Å². The van der Waals surface area contributed by atoms with Gasteiger partial charge in [0.25, 0.3) is 0 Å². The molecule has 3 aromatic rings. The van der Waals surface area contributed by atoms with Gasteiger partial charge in [0.15, 0.2) is 18.5 Å². The summed E-state index contributed by atoms with van der Waals surface area (Å²) in [7, 11) is 0. The van der Waals surface area contributed by atoms with Crippen molar-refractivity contribution in [1.82, 2.24) is 0 Å². The lowest BCUT2D eigenvalue weighted by atomic mass is 10.0. The molecule has 0 unspecified atom stereocenters. The molecule has 0 saturated heterocycles. The van der Waals surface area contributed by atoms with E-state index in [4.69, 9.17) is 14.2 Å². The van der Waals surface area contributed by atoms with Crippen LogP contribution in [0.4, 0.5) is 0 Å². The van der Waals surface area contributed by atoms with E-state index < -0.39 is 36.0 Å². The maximum absolute atomic E-state index is 12.7. The third-order valence-electron chi connectivity index (χ3n) is 5.01. The number of ether oxygens (including phenoxy) is 3. The number of hydrogen-bond donors (Lipinski definition) is 0. The fourth-order valence-corrected chi connectivity index (χ4v) is 3.17. The first-order valence-electron chi connectivity index (χ1n) is 10.7.